The van der Waals surface area contributed by atoms with Gasteiger partial charge in [-0.1, -0.05) is 38.8 Å². The first-order valence-electron chi connectivity index (χ1n) is 10.9. The van der Waals surface area contributed by atoms with E-state index in [1.807, 2.05) is 25.2 Å². The summed E-state index contributed by atoms with van der Waals surface area (Å²) >= 11 is 0. The minimum Gasteiger partial charge on any atom is -0.379 e. The van der Waals surface area contributed by atoms with Crippen LogP contribution >= 0.6 is 0 Å². The Hall–Kier alpha value is -2.12. The minimum absolute atomic E-state index is 0.503. The lowest BCUT2D eigenvalue weighted by atomic mass is 9.92. The van der Waals surface area contributed by atoms with Gasteiger partial charge >= 0.3 is 0 Å². The van der Waals surface area contributed by atoms with E-state index in [-0.39, 0.29) is 0 Å². The molecule has 1 unspecified atom stereocenters. The summed E-state index contributed by atoms with van der Waals surface area (Å²) in [5, 5.41) is 6.99. The van der Waals surface area contributed by atoms with Gasteiger partial charge in [0.15, 0.2) is 5.96 Å². The molecule has 160 valence electrons. The molecule has 1 fully saturated rings. The molecule has 3 rings (SSSR count). The van der Waals surface area contributed by atoms with Gasteiger partial charge in [0.05, 0.1) is 24.2 Å². The Labute approximate surface area is 174 Å². The van der Waals surface area contributed by atoms with Gasteiger partial charge in [-0.25, -0.2) is 4.98 Å². The second-order valence-electron chi connectivity index (χ2n) is 7.62. The number of rotatable bonds is 9. The number of aromatic nitrogens is 2. The number of morpholine rings is 1. The molecule has 1 aliphatic rings. The molecule has 7 nitrogen and oxygen atoms in total. The number of hydrogen-bond acceptors (Lipinski definition) is 4. The molecular formula is C22H36N6O. The van der Waals surface area contributed by atoms with Crippen LogP contribution in [0.4, 0.5) is 0 Å². The van der Waals surface area contributed by atoms with Crippen LogP contribution in [-0.4, -0.2) is 73.3 Å². The molecule has 29 heavy (non-hydrogen) atoms. The van der Waals surface area contributed by atoms with Gasteiger partial charge in [-0.15, -0.1) is 0 Å². The molecule has 1 aromatic heterocycles. The molecule has 0 radical (unpaired) electrons. The van der Waals surface area contributed by atoms with Gasteiger partial charge in [-0.2, -0.15) is 0 Å². The van der Waals surface area contributed by atoms with Crippen molar-refractivity contribution in [3.05, 3.63) is 30.1 Å². The van der Waals surface area contributed by atoms with E-state index in [9.17, 15) is 0 Å². The molecule has 1 atom stereocenters. The third-order valence-electron chi connectivity index (χ3n) is 5.90. The predicted octanol–water partition coefficient (Wildman–Crippen LogP) is 2.41. The van der Waals surface area contributed by atoms with Crippen LogP contribution in [0.1, 0.15) is 32.5 Å². The number of H-pyrrole nitrogens is 1. The van der Waals surface area contributed by atoms with E-state index in [0.29, 0.717) is 12.0 Å². The Bertz CT molecular complexity index is 731. The number of aromatic amines is 1. The van der Waals surface area contributed by atoms with Crippen LogP contribution in [0.5, 0.6) is 0 Å². The fraction of sp³-hybridized carbons (Fsp3) is 0.636. The topological polar surface area (TPSA) is 77.6 Å². The highest BCUT2D eigenvalue weighted by Crippen LogP contribution is 2.19. The number of imidazole rings is 1. The summed E-state index contributed by atoms with van der Waals surface area (Å²) in [6, 6.07) is 8.64. The van der Waals surface area contributed by atoms with Crippen molar-refractivity contribution < 1.29 is 4.74 Å². The maximum absolute atomic E-state index is 5.55. The van der Waals surface area contributed by atoms with Crippen LogP contribution in [0.25, 0.3) is 11.0 Å². The summed E-state index contributed by atoms with van der Waals surface area (Å²) in [5.74, 6) is 2.52. The second-order valence-corrected chi connectivity index (χ2v) is 7.62. The van der Waals surface area contributed by atoms with Gasteiger partial charge in [-0.05, 0) is 18.1 Å². The number of nitrogens with zero attached hydrogens (tertiary/aromatic N) is 3. The molecule has 0 saturated carbocycles. The van der Waals surface area contributed by atoms with Crippen molar-refractivity contribution in [2.75, 3.05) is 46.4 Å². The van der Waals surface area contributed by atoms with E-state index in [0.717, 1.165) is 68.6 Å². The molecule has 2 aromatic rings. The first-order valence-corrected chi connectivity index (χ1v) is 10.9. The first-order chi connectivity index (χ1) is 14.2. The number of hydrogen-bond donors (Lipinski definition) is 3. The summed E-state index contributed by atoms with van der Waals surface area (Å²) in [6.07, 6.45) is 3.21. The highest BCUT2D eigenvalue weighted by Gasteiger charge is 2.26. The zero-order valence-electron chi connectivity index (χ0n) is 18.1. The summed E-state index contributed by atoms with van der Waals surface area (Å²) in [6.45, 7) is 9.97. The fourth-order valence-electron chi connectivity index (χ4n) is 4.18. The molecule has 0 bridgehead atoms. The van der Waals surface area contributed by atoms with Crippen molar-refractivity contribution in [3.8, 4) is 0 Å². The Kier molecular flexibility index (Phi) is 8.31. The molecule has 1 aromatic carbocycles. The number of aliphatic imine (C=N–C) groups is 1. The SMILES string of the molecule is CCC(CC)C(CNC(=NC)NCCc1nc2ccccc2[nH]1)N1CCOCC1. The van der Waals surface area contributed by atoms with E-state index in [1.54, 1.807) is 0 Å². The normalized spacial score (nSPS) is 17.0. The van der Waals surface area contributed by atoms with Crippen LogP contribution in [0, 0.1) is 5.92 Å². The molecule has 2 heterocycles. The molecule has 0 spiro atoms. The fourth-order valence-corrected chi connectivity index (χ4v) is 4.18. The van der Waals surface area contributed by atoms with Gasteiger partial charge in [0.2, 0.25) is 0 Å². The predicted molar refractivity (Wildman–Crippen MR) is 119 cm³/mol. The van der Waals surface area contributed by atoms with Crippen molar-refractivity contribution in [3.63, 3.8) is 0 Å². The van der Waals surface area contributed by atoms with E-state index < -0.39 is 0 Å². The van der Waals surface area contributed by atoms with Gasteiger partial charge in [0.1, 0.15) is 5.82 Å². The van der Waals surface area contributed by atoms with Crippen LogP contribution in [0.2, 0.25) is 0 Å². The second kappa shape index (κ2) is 11.2. The Morgan fingerprint density at radius 2 is 1.97 bits per heavy atom. The molecule has 3 N–H and O–H groups in total. The van der Waals surface area contributed by atoms with Gasteiger partial charge in [0, 0.05) is 45.7 Å². The Balaban J connectivity index is 1.50. The highest BCUT2D eigenvalue weighted by molar-refractivity contribution is 5.79. The van der Waals surface area contributed by atoms with Crippen LogP contribution in [0.15, 0.2) is 29.3 Å². The molecule has 1 saturated heterocycles. The van der Waals surface area contributed by atoms with Crippen molar-refractivity contribution in [2.45, 2.75) is 39.2 Å². The van der Waals surface area contributed by atoms with E-state index in [4.69, 9.17) is 4.74 Å². The first kappa shape index (κ1) is 21.6. The highest BCUT2D eigenvalue weighted by atomic mass is 16.5. The van der Waals surface area contributed by atoms with Crippen molar-refractivity contribution in [1.29, 1.82) is 0 Å². The Morgan fingerprint density at radius 3 is 2.66 bits per heavy atom. The standard InChI is InChI=1S/C22H36N6O/c1-4-17(5-2)20(28-12-14-29-15-13-28)16-25-22(23-3)24-11-10-21-26-18-8-6-7-9-19(18)27-21/h6-9,17,20H,4-5,10-16H2,1-3H3,(H,26,27)(H2,23,24,25). The zero-order valence-corrected chi connectivity index (χ0v) is 18.1. The Morgan fingerprint density at radius 1 is 1.21 bits per heavy atom. The van der Waals surface area contributed by atoms with Crippen LogP contribution in [-0.2, 0) is 11.2 Å². The van der Waals surface area contributed by atoms with Crippen molar-refractivity contribution >= 4 is 17.0 Å². The number of nitrogens with one attached hydrogen (secondary N) is 3. The molecule has 1 aliphatic heterocycles. The third kappa shape index (κ3) is 5.93. The molecule has 0 amide bonds. The van der Waals surface area contributed by atoms with Crippen LogP contribution < -0.4 is 10.6 Å². The zero-order chi connectivity index (χ0) is 20.5. The lowest BCUT2D eigenvalue weighted by Crippen LogP contribution is -2.53. The number of ether oxygens (including phenoxy) is 1. The molecule has 7 heteroatoms. The number of guanidine groups is 1. The summed E-state index contributed by atoms with van der Waals surface area (Å²) in [4.78, 5) is 15.0. The van der Waals surface area contributed by atoms with E-state index >= 15 is 0 Å². The van der Waals surface area contributed by atoms with E-state index in [1.165, 1.54) is 12.8 Å². The minimum atomic E-state index is 0.503. The van der Waals surface area contributed by atoms with E-state index in [2.05, 4.69) is 50.4 Å². The molecule has 0 aliphatic carbocycles. The monoisotopic (exact) mass is 400 g/mol. The van der Waals surface area contributed by atoms with Gasteiger partial charge in [-0.3, -0.25) is 9.89 Å². The maximum atomic E-state index is 5.55. The van der Waals surface area contributed by atoms with Crippen LogP contribution in [0.3, 0.4) is 0 Å². The maximum Gasteiger partial charge on any atom is 0.191 e. The number of benzene rings is 1. The third-order valence-corrected chi connectivity index (χ3v) is 5.90. The summed E-state index contributed by atoms with van der Waals surface area (Å²) < 4.78 is 5.55. The molecular weight excluding hydrogens is 364 g/mol. The lowest BCUT2D eigenvalue weighted by molar-refractivity contribution is 0.00272. The average Bonchev–Trinajstić information content (AvgIpc) is 3.18. The summed E-state index contributed by atoms with van der Waals surface area (Å²) in [5.41, 5.74) is 2.10. The number of para-hydroxylation sites is 2. The van der Waals surface area contributed by atoms with Crippen molar-refractivity contribution in [1.82, 2.24) is 25.5 Å². The smallest absolute Gasteiger partial charge is 0.191 e. The van der Waals surface area contributed by atoms with Gasteiger partial charge < -0.3 is 20.4 Å². The quantitative estimate of drug-likeness (QED) is 0.445. The summed E-state index contributed by atoms with van der Waals surface area (Å²) in [7, 11) is 1.83. The van der Waals surface area contributed by atoms with Gasteiger partial charge in [0.25, 0.3) is 0 Å². The lowest BCUT2D eigenvalue weighted by Gasteiger charge is -2.39. The number of fused-ring (bicyclic) bond motifs is 1. The largest absolute Gasteiger partial charge is 0.379 e. The van der Waals surface area contributed by atoms with Crippen molar-refractivity contribution in [2.24, 2.45) is 10.9 Å². The average molecular weight is 401 g/mol.